The fourth-order valence-electron chi connectivity index (χ4n) is 2.80. The molecule has 1 aromatic carbocycles. The van der Waals surface area contributed by atoms with E-state index in [1.54, 1.807) is 6.20 Å². The number of hydrogen-bond acceptors (Lipinski definition) is 4. The van der Waals surface area contributed by atoms with Gasteiger partial charge >= 0.3 is 0 Å². The standard InChI is InChI=1S/C15H16N6O/c22-15(10-21-18-11-5-1-2-6-12(11)19-21)17-14-9-16-13-7-3-4-8-20(13)14/h1-2,5-6,9H,3-4,7-8,10H2,(H,17,22). The summed E-state index contributed by atoms with van der Waals surface area (Å²) in [7, 11) is 0. The third kappa shape index (κ3) is 2.34. The fraction of sp³-hybridized carbons (Fsp3) is 0.333. The van der Waals surface area contributed by atoms with Crippen LogP contribution < -0.4 is 5.32 Å². The van der Waals surface area contributed by atoms with Gasteiger partial charge in [0.1, 0.15) is 29.2 Å². The Kier molecular flexibility index (Phi) is 3.10. The summed E-state index contributed by atoms with van der Waals surface area (Å²) in [5.74, 6) is 1.66. The smallest absolute Gasteiger partial charge is 0.249 e. The average molecular weight is 296 g/mol. The van der Waals surface area contributed by atoms with E-state index in [2.05, 4.69) is 25.1 Å². The van der Waals surface area contributed by atoms with Crippen LogP contribution in [0.15, 0.2) is 30.5 Å². The molecule has 1 aliphatic heterocycles. The quantitative estimate of drug-likeness (QED) is 0.796. The first-order valence-corrected chi connectivity index (χ1v) is 7.44. The highest BCUT2D eigenvalue weighted by Gasteiger charge is 2.16. The number of carbonyl (C=O) groups is 1. The van der Waals surface area contributed by atoms with Crippen molar-refractivity contribution in [1.82, 2.24) is 24.5 Å². The summed E-state index contributed by atoms with van der Waals surface area (Å²) < 4.78 is 2.08. The maximum Gasteiger partial charge on any atom is 0.249 e. The lowest BCUT2D eigenvalue weighted by atomic mass is 10.2. The highest BCUT2D eigenvalue weighted by Crippen LogP contribution is 2.19. The SMILES string of the molecule is O=C(Cn1nc2ccccc2n1)Nc1cnc2n1CCCC2. The first-order chi connectivity index (χ1) is 10.8. The molecule has 7 heteroatoms. The Morgan fingerprint density at radius 1 is 1.18 bits per heavy atom. The van der Waals surface area contributed by atoms with Gasteiger partial charge in [0.15, 0.2) is 0 Å². The normalized spacial score (nSPS) is 14.0. The van der Waals surface area contributed by atoms with Crippen molar-refractivity contribution < 1.29 is 4.79 Å². The van der Waals surface area contributed by atoms with Crippen LogP contribution in [0.2, 0.25) is 0 Å². The number of fused-ring (bicyclic) bond motifs is 2. The van der Waals surface area contributed by atoms with Crippen LogP contribution in [0.1, 0.15) is 18.7 Å². The van der Waals surface area contributed by atoms with E-state index in [-0.39, 0.29) is 12.5 Å². The zero-order valence-electron chi connectivity index (χ0n) is 12.1. The molecule has 3 aromatic rings. The van der Waals surface area contributed by atoms with Crippen LogP contribution in [-0.2, 0) is 24.3 Å². The Balaban J connectivity index is 1.49. The molecule has 0 aliphatic carbocycles. The minimum atomic E-state index is -0.145. The molecule has 22 heavy (non-hydrogen) atoms. The Hall–Kier alpha value is -2.70. The van der Waals surface area contributed by atoms with Crippen LogP contribution >= 0.6 is 0 Å². The molecule has 0 atom stereocenters. The number of nitrogens with one attached hydrogen (secondary N) is 1. The highest BCUT2D eigenvalue weighted by atomic mass is 16.2. The van der Waals surface area contributed by atoms with Crippen molar-refractivity contribution in [3.63, 3.8) is 0 Å². The average Bonchev–Trinajstić information content (AvgIpc) is 3.11. The van der Waals surface area contributed by atoms with Crippen LogP contribution in [0, 0.1) is 0 Å². The second-order valence-electron chi connectivity index (χ2n) is 5.44. The summed E-state index contributed by atoms with van der Waals surface area (Å²) in [6, 6.07) is 7.56. The van der Waals surface area contributed by atoms with E-state index < -0.39 is 0 Å². The van der Waals surface area contributed by atoms with E-state index >= 15 is 0 Å². The third-order valence-corrected chi connectivity index (χ3v) is 3.85. The van der Waals surface area contributed by atoms with Crippen LogP contribution in [0.25, 0.3) is 11.0 Å². The first-order valence-electron chi connectivity index (χ1n) is 7.44. The number of imidazole rings is 1. The Bertz CT molecular complexity index is 801. The molecule has 3 heterocycles. The topological polar surface area (TPSA) is 77.6 Å². The lowest BCUT2D eigenvalue weighted by Gasteiger charge is -2.16. The second-order valence-corrected chi connectivity index (χ2v) is 5.44. The van der Waals surface area contributed by atoms with Crippen molar-refractivity contribution in [2.24, 2.45) is 0 Å². The maximum absolute atomic E-state index is 12.2. The largest absolute Gasteiger partial charge is 0.315 e. The van der Waals surface area contributed by atoms with Gasteiger partial charge in [0.2, 0.25) is 5.91 Å². The fourth-order valence-corrected chi connectivity index (χ4v) is 2.80. The number of benzene rings is 1. The predicted molar refractivity (Wildman–Crippen MR) is 81.3 cm³/mol. The van der Waals surface area contributed by atoms with Gasteiger partial charge in [0, 0.05) is 13.0 Å². The van der Waals surface area contributed by atoms with Crippen LogP contribution in [0.4, 0.5) is 5.82 Å². The van der Waals surface area contributed by atoms with Crippen molar-refractivity contribution in [1.29, 1.82) is 0 Å². The molecule has 0 spiro atoms. The Morgan fingerprint density at radius 3 is 2.73 bits per heavy atom. The summed E-state index contributed by atoms with van der Waals surface area (Å²) in [6.07, 6.45) is 4.99. The summed E-state index contributed by atoms with van der Waals surface area (Å²) in [5.41, 5.74) is 1.58. The van der Waals surface area contributed by atoms with Crippen molar-refractivity contribution in [3.05, 3.63) is 36.3 Å². The van der Waals surface area contributed by atoms with Gasteiger partial charge in [-0.25, -0.2) is 4.98 Å². The minimum absolute atomic E-state index is 0.0925. The predicted octanol–water partition coefficient (Wildman–Crippen LogP) is 1.60. The van der Waals surface area contributed by atoms with E-state index in [9.17, 15) is 4.79 Å². The van der Waals surface area contributed by atoms with Gasteiger partial charge in [0.25, 0.3) is 0 Å². The van der Waals surface area contributed by atoms with Crippen molar-refractivity contribution in [3.8, 4) is 0 Å². The van der Waals surface area contributed by atoms with Crippen molar-refractivity contribution >= 4 is 22.8 Å². The van der Waals surface area contributed by atoms with Gasteiger partial charge < -0.3 is 9.88 Å². The Morgan fingerprint density at radius 2 is 1.95 bits per heavy atom. The number of rotatable bonds is 3. The highest BCUT2D eigenvalue weighted by molar-refractivity contribution is 5.89. The second kappa shape index (κ2) is 5.25. The summed E-state index contributed by atoms with van der Waals surface area (Å²) >= 11 is 0. The molecule has 0 unspecified atom stereocenters. The molecule has 7 nitrogen and oxygen atoms in total. The lowest BCUT2D eigenvalue weighted by molar-refractivity contribution is -0.117. The Labute approximate surface area is 126 Å². The number of carbonyl (C=O) groups excluding carboxylic acids is 1. The molecule has 1 amide bonds. The number of aromatic nitrogens is 5. The molecule has 1 N–H and O–H groups in total. The number of nitrogens with zero attached hydrogens (tertiary/aromatic N) is 5. The molecule has 2 aromatic heterocycles. The third-order valence-electron chi connectivity index (χ3n) is 3.85. The monoisotopic (exact) mass is 296 g/mol. The zero-order valence-corrected chi connectivity index (χ0v) is 12.1. The number of anilines is 1. The molecular weight excluding hydrogens is 280 g/mol. The summed E-state index contributed by atoms with van der Waals surface area (Å²) in [4.78, 5) is 18.0. The van der Waals surface area contributed by atoms with Crippen molar-refractivity contribution in [2.75, 3.05) is 5.32 Å². The number of hydrogen-bond donors (Lipinski definition) is 1. The van der Waals surface area contributed by atoms with Gasteiger partial charge in [0.05, 0.1) is 6.20 Å². The van der Waals surface area contributed by atoms with Gasteiger partial charge in [-0.2, -0.15) is 15.0 Å². The van der Waals surface area contributed by atoms with E-state index in [4.69, 9.17) is 0 Å². The zero-order chi connectivity index (χ0) is 14.9. The maximum atomic E-state index is 12.2. The molecule has 1 aliphatic rings. The molecular formula is C15H16N6O. The summed E-state index contributed by atoms with van der Waals surface area (Å²) in [6.45, 7) is 1.00. The van der Waals surface area contributed by atoms with Gasteiger partial charge in [-0.05, 0) is 25.0 Å². The van der Waals surface area contributed by atoms with Gasteiger partial charge in [-0.1, -0.05) is 12.1 Å². The van der Waals surface area contributed by atoms with E-state index in [0.717, 1.165) is 48.5 Å². The summed E-state index contributed by atoms with van der Waals surface area (Å²) in [5, 5.41) is 11.5. The van der Waals surface area contributed by atoms with Crippen molar-refractivity contribution in [2.45, 2.75) is 32.4 Å². The molecule has 0 saturated heterocycles. The number of amides is 1. The molecule has 0 radical (unpaired) electrons. The molecule has 0 fully saturated rings. The first kappa shape index (κ1) is 13.0. The lowest BCUT2D eigenvalue weighted by Crippen LogP contribution is -2.23. The molecule has 112 valence electrons. The van der Waals surface area contributed by atoms with Gasteiger partial charge in [-0.15, -0.1) is 0 Å². The molecule has 0 saturated carbocycles. The molecule has 0 bridgehead atoms. The van der Waals surface area contributed by atoms with E-state index in [1.165, 1.54) is 4.80 Å². The van der Waals surface area contributed by atoms with E-state index in [0.29, 0.717) is 0 Å². The van der Waals surface area contributed by atoms with E-state index in [1.807, 2.05) is 24.3 Å². The number of aryl methyl sites for hydroxylation is 1. The van der Waals surface area contributed by atoms with Crippen LogP contribution in [0.5, 0.6) is 0 Å². The van der Waals surface area contributed by atoms with Gasteiger partial charge in [-0.3, -0.25) is 4.79 Å². The van der Waals surface area contributed by atoms with Crippen LogP contribution in [-0.4, -0.2) is 30.5 Å². The minimum Gasteiger partial charge on any atom is -0.315 e. The molecule has 4 rings (SSSR count). The van der Waals surface area contributed by atoms with Crippen LogP contribution in [0.3, 0.4) is 0 Å².